The first-order chi connectivity index (χ1) is 12.2. The van der Waals surface area contributed by atoms with Gasteiger partial charge in [0.05, 0.1) is 24.6 Å². The van der Waals surface area contributed by atoms with Gasteiger partial charge in [0.2, 0.25) is 0 Å². The maximum absolute atomic E-state index is 12.1. The van der Waals surface area contributed by atoms with E-state index in [1.165, 1.54) is 12.4 Å². The van der Waals surface area contributed by atoms with Crippen LogP contribution >= 0.6 is 11.6 Å². The third-order valence-electron chi connectivity index (χ3n) is 3.46. The van der Waals surface area contributed by atoms with E-state index < -0.39 is 0 Å². The SMILES string of the molecule is O=C(NCc1ccccn1)c1cnc(NCc2ccccc2Cl)cn1. The molecule has 2 N–H and O–H groups in total. The molecule has 2 aromatic heterocycles. The molecule has 3 aromatic rings. The van der Waals surface area contributed by atoms with Gasteiger partial charge in [-0.05, 0) is 23.8 Å². The van der Waals surface area contributed by atoms with Crippen LogP contribution in [0.3, 0.4) is 0 Å². The number of aromatic nitrogens is 3. The van der Waals surface area contributed by atoms with E-state index in [-0.39, 0.29) is 11.6 Å². The molecule has 0 bridgehead atoms. The summed E-state index contributed by atoms with van der Waals surface area (Å²) in [7, 11) is 0. The molecule has 126 valence electrons. The molecule has 2 heterocycles. The van der Waals surface area contributed by atoms with Crippen molar-refractivity contribution in [2.24, 2.45) is 0 Å². The monoisotopic (exact) mass is 353 g/mol. The minimum atomic E-state index is -0.296. The molecule has 6 nitrogen and oxygen atoms in total. The molecular formula is C18H16ClN5O. The average molecular weight is 354 g/mol. The summed E-state index contributed by atoms with van der Waals surface area (Å²) in [6.07, 6.45) is 4.63. The number of anilines is 1. The molecule has 0 aliphatic heterocycles. The van der Waals surface area contributed by atoms with Gasteiger partial charge in [-0.3, -0.25) is 9.78 Å². The van der Waals surface area contributed by atoms with Crippen LogP contribution in [0.2, 0.25) is 5.02 Å². The molecule has 0 unspecified atom stereocenters. The van der Waals surface area contributed by atoms with Gasteiger partial charge in [0.15, 0.2) is 0 Å². The van der Waals surface area contributed by atoms with Gasteiger partial charge in [0.1, 0.15) is 11.5 Å². The maximum Gasteiger partial charge on any atom is 0.271 e. The first-order valence-electron chi connectivity index (χ1n) is 7.70. The van der Waals surface area contributed by atoms with Crippen LogP contribution in [0.5, 0.6) is 0 Å². The first kappa shape index (κ1) is 16.9. The second-order valence-electron chi connectivity index (χ2n) is 5.24. The lowest BCUT2D eigenvalue weighted by atomic mass is 10.2. The van der Waals surface area contributed by atoms with Crippen LogP contribution in [0.25, 0.3) is 0 Å². The molecule has 0 aliphatic rings. The van der Waals surface area contributed by atoms with E-state index in [1.54, 1.807) is 6.20 Å². The van der Waals surface area contributed by atoms with Crippen LogP contribution in [0.4, 0.5) is 5.82 Å². The Morgan fingerprint density at radius 3 is 2.52 bits per heavy atom. The third kappa shape index (κ3) is 4.74. The standard InChI is InChI=1S/C18H16ClN5O/c19-15-7-2-1-5-13(15)9-22-17-12-21-16(11-23-17)18(25)24-10-14-6-3-4-8-20-14/h1-8,11-12H,9-10H2,(H,22,23)(H,24,25). The Labute approximate surface area is 150 Å². The fourth-order valence-electron chi connectivity index (χ4n) is 2.13. The van der Waals surface area contributed by atoms with Crippen molar-refractivity contribution in [2.75, 3.05) is 5.32 Å². The summed E-state index contributed by atoms with van der Waals surface area (Å²) >= 11 is 6.11. The van der Waals surface area contributed by atoms with Gasteiger partial charge >= 0.3 is 0 Å². The number of benzene rings is 1. The molecule has 0 fully saturated rings. The zero-order chi connectivity index (χ0) is 17.5. The van der Waals surface area contributed by atoms with Crippen LogP contribution < -0.4 is 10.6 Å². The summed E-state index contributed by atoms with van der Waals surface area (Å²) in [6, 6.07) is 13.1. The molecule has 25 heavy (non-hydrogen) atoms. The number of rotatable bonds is 6. The van der Waals surface area contributed by atoms with E-state index in [4.69, 9.17) is 11.6 Å². The highest BCUT2D eigenvalue weighted by molar-refractivity contribution is 6.31. The van der Waals surface area contributed by atoms with Crippen molar-refractivity contribution in [3.8, 4) is 0 Å². The molecule has 3 rings (SSSR count). The van der Waals surface area contributed by atoms with Gasteiger partial charge in [0, 0.05) is 17.8 Å². The zero-order valence-corrected chi connectivity index (χ0v) is 14.1. The Morgan fingerprint density at radius 1 is 0.960 bits per heavy atom. The van der Waals surface area contributed by atoms with Gasteiger partial charge in [-0.1, -0.05) is 35.9 Å². The summed E-state index contributed by atoms with van der Waals surface area (Å²) in [5.74, 6) is 0.275. The van der Waals surface area contributed by atoms with Crippen LogP contribution in [0, 0.1) is 0 Å². The molecule has 7 heteroatoms. The molecule has 1 amide bonds. The lowest BCUT2D eigenvalue weighted by Crippen LogP contribution is -2.24. The van der Waals surface area contributed by atoms with Crippen molar-refractivity contribution in [3.05, 3.63) is 83.0 Å². The van der Waals surface area contributed by atoms with Crippen molar-refractivity contribution < 1.29 is 4.79 Å². The van der Waals surface area contributed by atoms with Gasteiger partial charge in [-0.2, -0.15) is 0 Å². The molecular weight excluding hydrogens is 338 g/mol. The number of hydrogen-bond acceptors (Lipinski definition) is 5. The quantitative estimate of drug-likeness (QED) is 0.712. The molecule has 0 atom stereocenters. The van der Waals surface area contributed by atoms with Crippen LogP contribution in [-0.4, -0.2) is 20.9 Å². The Morgan fingerprint density at radius 2 is 1.80 bits per heavy atom. The van der Waals surface area contributed by atoms with E-state index in [9.17, 15) is 4.79 Å². The number of carbonyl (C=O) groups is 1. The second kappa shape index (κ2) is 8.21. The highest BCUT2D eigenvalue weighted by Crippen LogP contribution is 2.16. The van der Waals surface area contributed by atoms with Crippen molar-refractivity contribution in [3.63, 3.8) is 0 Å². The maximum atomic E-state index is 12.1. The topological polar surface area (TPSA) is 79.8 Å². The summed E-state index contributed by atoms with van der Waals surface area (Å²) in [4.78, 5) is 24.6. The number of nitrogens with zero attached hydrogens (tertiary/aromatic N) is 3. The van der Waals surface area contributed by atoms with E-state index >= 15 is 0 Å². The lowest BCUT2D eigenvalue weighted by molar-refractivity contribution is 0.0945. The Hall–Kier alpha value is -2.99. The van der Waals surface area contributed by atoms with Gasteiger partial charge in [0.25, 0.3) is 5.91 Å². The number of carbonyl (C=O) groups excluding carboxylic acids is 1. The molecule has 0 radical (unpaired) electrons. The van der Waals surface area contributed by atoms with E-state index in [2.05, 4.69) is 25.6 Å². The molecule has 0 saturated carbocycles. The van der Waals surface area contributed by atoms with Crippen LogP contribution in [0.1, 0.15) is 21.7 Å². The second-order valence-corrected chi connectivity index (χ2v) is 5.64. The lowest BCUT2D eigenvalue weighted by Gasteiger charge is -2.08. The van der Waals surface area contributed by atoms with E-state index in [0.29, 0.717) is 23.9 Å². The minimum absolute atomic E-state index is 0.249. The van der Waals surface area contributed by atoms with Crippen molar-refractivity contribution >= 4 is 23.3 Å². The zero-order valence-electron chi connectivity index (χ0n) is 13.3. The van der Waals surface area contributed by atoms with Crippen molar-refractivity contribution in [1.82, 2.24) is 20.3 Å². The van der Waals surface area contributed by atoms with Crippen molar-refractivity contribution in [2.45, 2.75) is 13.1 Å². The van der Waals surface area contributed by atoms with Gasteiger partial charge in [-0.15, -0.1) is 0 Å². The Kier molecular flexibility index (Phi) is 5.53. The normalized spacial score (nSPS) is 10.3. The fraction of sp³-hybridized carbons (Fsp3) is 0.111. The molecule has 0 saturated heterocycles. The molecule has 1 aromatic carbocycles. The minimum Gasteiger partial charge on any atom is -0.365 e. The highest BCUT2D eigenvalue weighted by atomic mass is 35.5. The van der Waals surface area contributed by atoms with Gasteiger partial charge < -0.3 is 10.6 Å². The molecule has 0 aliphatic carbocycles. The average Bonchev–Trinajstić information content (AvgIpc) is 2.67. The number of halogens is 1. The summed E-state index contributed by atoms with van der Waals surface area (Å²) in [6.45, 7) is 0.868. The smallest absolute Gasteiger partial charge is 0.271 e. The first-order valence-corrected chi connectivity index (χ1v) is 8.07. The van der Waals surface area contributed by atoms with Crippen LogP contribution in [-0.2, 0) is 13.1 Å². The van der Waals surface area contributed by atoms with Crippen LogP contribution in [0.15, 0.2) is 61.1 Å². The summed E-state index contributed by atoms with van der Waals surface area (Å²) in [5.41, 5.74) is 1.99. The highest BCUT2D eigenvalue weighted by Gasteiger charge is 2.08. The third-order valence-corrected chi connectivity index (χ3v) is 3.83. The summed E-state index contributed by atoms with van der Waals surface area (Å²) in [5, 5.41) is 6.57. The largest absolute Gasteiger partial charge is 0.365 e. The van der Waals surface area contributed by atoms with E-state index in [0.717, 1.165) is 11.3 Å². The fourth-order valence-corrected chi connectivity index (χ4v) is 2.33. The van der Waals surface area contributed by atoms with E-state index in [1.807, 2.05) is 42.5 Å². The Balaban J connectivity index is 1.54. The molecule has 0 spiro atoms. The number of hydrogen-bond donors (Lipinski definition) is 2. The number of nitrogens with one attached hydrogen (secondary N) is 2. The van der Waals surface area contributed by atoms with Crippen molar-refractivity contribution in [1.29, 1.82) is 0 Å². The number of amides is 1. The predicted molar refractivity (Wildman–Crippen MR) is 96.2 cm³/mol. The Bertz CT molecular complexity index is 840. The van der Waals surface area contributed by atoms with Gasteiger partial charge in [-0.25, -0.2) is 9.97 Å². The predicted octanol–water partition coefficient (Wildman–Crippen LogP) is 3.07. The summed E-state index contributed by atoms with van der Waals surface area (Å²) < 4.78 is 0. The number of pyridine rings is 1.